The van der Waals surface area contributed by atoms with Crippen LogP contribution in [0.15, 0.2) is 34.7 Å². The Morgan fingerprint density at radius 3 is 2.85 bits per heavy atom. The number of hydrogen-bond donors (Lipinski definition) is 2. The number of aryl methyl sites for hydroxylation is 1. The molecule has 20 heavy (non-hydrogen) atoms. The number of rotatable bonds is 5. The van der Waals surface area contributed by atoms with Crippen LogP contribution >= 0.6 is 0 Å². The lowest BCUT2D eigenvalue weighted by Gasteiger charge is -2.03. The number of carboxylic acid groups (broad SMARTS) is 1. The van der Waals surface area contributed by atoms with Crippen LogP contribution in [0.4, 0.5) is 0 Å². The van der Waals surface area contributed by atoms with E-state index < -0.39 is 5.97 Å². The molecule has 2 N–H and O–H groups in total. The van der Waals surface area contributed by atoms with Crippen LogP contribution in [0.3, 0.4) is 0 Å². The maximum absolute atomic E-state index is 10.9. The quantitative estimate of drug-likeness (QED) is 0.871. The average molecular weight is 270 g/mol. The van der Waals surface area contributed by atoms with Gasteiger partial charge < -0.3 is 14.8 Å². The number of nitrogens with zero attached hydrogens (tertiary/aromatic N) is 1. The molecule has 0 fully saturated rings. The highest BCUT2D eigenvalue weighted by Gasteiger charge is 2.13. The molecule has 2 rings (SSSR count). The minimum Gasteiger partial charge on any atom is -0.478 e. The van der Waals surface area contributed by atoms with Gasteiger partial charge in [-0.15, -0.1) is 0 Å². The zero-order valence-electron chi connectivity index (χ0n) is 11.0. The molecule has 0 spiro atoms. The van der Waals surface area contributed by atoms with Crippen LogP contribution in [0.2, 0.25) is 0 Å². The van der Waals surface area contributed by atoms with E-state index in [2.05, 4.69) is 11.4 Å². The first-order valence-corrected chi connectivity index (χ1v) is 6.12. The van der Waals surface area contributed by atoms with Gasteiger partial charge in [0.25, 0.3) is 0 Å². The Morgan fingerprint density at radius 2 is 2.20 bits per heavy atom. The van der Waals surface area contributed by atoms with Crippen LogP contribution in [0.1, 0.15) is 33.0 Å². The molecule has 0 saturated carbocycles. The Morgan fingerprint density at radius 1 is 1.40 bits per heavy atom. The van der Waals surface area contributed by atoms with Crippen LogP contribution in [0, 0.1) is 18.3 Å². The number of aromatic carboxylic acids is 1. The van der Waals surface area contributed by atoms with Crippen molar-refractivity contribution in [1.82, 2.24) is 5.32 Å². The second kappa shape index (κ2) is 6.04. The highest BCUT2D eigenvalue weighted by Crippen LogP contribution is 2.14. The lowest BCUT2D eigenvalue weighted by Crippen LogP contribution is -2.12. The number of furan rings is 1. The fourth-order valence-electron chi connectivity index (χ4n) is 1.92. The maximum Gasteiger partial charge on any atom is 0.339 e. The van der Waals surface area contributed by atoms with Gasteiger partial charge in [-0.05, 0) is 30.7 Å². The third kappa shape index (κ3) is 3.25. The molecule has 0 atom stereocenters. The summed E-state index contributed by atoms with van der Waals surface area (Å²) < 4.78 is 5.36. The smallest absolute Gasteiger partial charge is 0.339 e. The van der Waals surface area contributed by atoms with Crippen LogP contribution in [-0.4, -0.2) is 11.1 Å². The fourth-order valence-corrected chi connectivity index (χ4v) is 1.92. The van der Waals surface area contributed by atoms with Crippen LogP contribution < -0.4 is 5.32 Å². The zero-order valence-corrected chi connectivity index (χ0v) is 11.0. The molecule has 0 saturated heterocycles. The Hall–Kier alpha value is -2.58. The first-order chi connectivity index (χ1) is 9.60. The van der Waals surface area contributed by atoms with E-state index in [1.807, 2.05) is 18.2 Å². The van der Waals surface area contributed by atoms with Gasteiger partial charge in [0.05, 0.1) is 18.2 Å². The van der Waals surface area contributed by atoms with Crippen molar-refractivity contribution in [3.8, 4) is 6.07 Å². The molecule has 2 aromatic rings. The van der Waals surface area contributed by atoms with Gasteiger partial charge in [-0.25, -0.2) is 4.79 Å². The third-order valence-electron chi connectivity index (χ3n) is 2.88. The molecule has 1 aromatic heterocycles. The molecule has 0 radical (unpaired) electrons. The molecule has 1 heterocycles. The summed E-state index contributed by atoms with van der Waals surface area (Å²) in [6.07, 6.45) is 0. The van der Waals surface area contributed by atoms with E-state index in [0.29, 0.717) is 30.2 Å². The summed E-state index contributed by atoms with van der Waals surface area (Å²) in [7, 11) is 0. The largest absolute Gasteiger partial charge is 0.478 e. The van der Waals surface area contributed by atoms with E-state index in [-0.39, 0.29) is 5.56 Å². The molecule has 0 amide bonds. The summed E-state index contributed by atoms with van der Waals surface area (Å²) in [6.45, 7) is 2.64. The SMILES string of the molecule is Cc1oc(CNCc2cccc(C#N)c2)cc1C(=O)O. The summed E-state index contributed by atoms with van der Waals surface area (Å²) >= 11 is 0. The van der Waals surface area contributed by atoms with Crippen molar-refractivity contribution in [3.63, 3.8) is 0 Å². The second-order valence-corrected chi connectivity index (χ2v) is 4.40. The molecule has 1 aromatic carbocycles. The van der Waals surface area contributed by atoms with E-state index in [4.69, 9.17) is 14.8 Å². The third-order valence-corrected chi connectivity index (χ3v) is 2.88. The Bertz CT molecular complexity index is 668. The maximum atomic E-state index is 10.9. The first-order valence-electron chi connectivity index (χ1n) is 6.12. The summed E-state index contributed by atoms with van der Waals surface area (Å²) in [5.41, 5.74) is 1.80. The van der Waals surface area contributed by atoms with Gasteiger partial charge in [-0.1, -0.05) is 12.1 Å². The molecule has 0 aliphatic rings. The number of nitrogens with one attached hydrogen (secondary N) is 1. The van der Waals surface area contributed by atoms with Crippen molar-refractivity contribution in [2.24, 2.45) is 0 Å². The summed E-state index contributed by atoms with van der Waals surface area (Å²) in [5.74, 6) is -0.00339. The highest BCUT2D eigenvalue weighted by molar-refractivity contribution is 5.88. The monoisotopic (exact) mass is 270 g/mol. The molecular weight excluding hydrogens is 256 g/mol. The molecule has 0 unspecified atom stereocenters. The predicted octanol–water partition coefficient (Wildman–Crippen LogP) is 2.45. The summed E-state index contributed by atoms with van der Waals surface area (Å²) in [5, 5.41) is 20.9. The normalized spacial score (nSPS) is 10.2. The molecule has 5 heteroatoms. The van der Waals surface area contributed by atoms with Gasteiger partial charge in [0.15, 0.2) is 0 Å². The van der Waals surface area contributed by atoms with Crippen LogP contribution in [-0.2, 0) is 13.1 Å². The fraction of sp³-hybridized carbons (Fsp3) is 0.200. The van der Waals surface area contributed by atoms with Gasteiger partial charge in [-0.3, -0.25) is 0 Å². The van der Waals surface area contributed by atoms with E-state index in [1.54, 1.807) is 13.0 Å². The van der Waals surface area contributed by atoms with E-state index in [0.717, 1.165) is 5.56 Å². The average Bonchev–Trinajstić information content (AvgIpc) is 2.80. The van der Waals surface area contributed by atoms with Crippen molar-refractivity contribution < 1.29 is 14.3 Å². The molecule has 0 aliphatic heterocycles. The van der Waals surface area contributed by atoms with Gasteiger partial charge in [0, 0.05) is 6.54 Å². The Labute approximate surface area is 116 Å². The van der Waals surface area contributed by atoms with E-state index in [9.17, 15) is 4.79 Å². The van der Waals surface area contributed by atoms with Crippen molar-refractivity contribution in [3.05, 3.63) is 58.5 Å². The van der Waals surface area contributed by atoms with Gasteiger partial charge in [0.2, 0.25) is 0 Å². The Kier molecular flexibility index (Phi) is 4.18. The topological polar surface area (TPSA) is 86.3 Å². The standard InChI is InChI=1S/C15H14N2O3/c1-10-14(15(18)19)6-13(20-10)9-17-8-12-4-2-3-11(5-12)7-16/h2-6,17H,8-9H2,1H3,(H,18,19). The van der Waals surface area contributed by atoms with Gasteiger partial charge in [0.1, 0.15) is 17.1 Å². The molecular formula is C15H14N2O3. The number of carboxylic acids is 1. The van der Waals surface area contributed by atoms with Crippen molar-refractivity contribution in [1.29, 1.82) is 5.26 Å². The van der Waals surface area contributed by atoms with Gasteiger partial charge in [-0.2, -0.15) is 5.26 Å². The van der Waals surface area contributed by atoms with Gasteiger partial charge >= 0.3 is 5.97 Å². The molecule has 0 bridgehead atoms. The van der Waals surface area contributed by atoms with Crippen LogP contribution in [0.25, 0.3) is 0 Å². The number of nitriles is 1. The second-order valence-electron chi connectivity index (χ2n) is 4.40. The Balaban J connectivity index is 1.94. The lowest BCUT2D eigenvalue weighted by atomic mass is 10.1. The lowest BCUT2D eigenvalue weighted by molar-refractivity contribution is 0.0695. The van der Waals surface area contributed by atoms with Crippen LogP contribution in [0.5, 0.6) is 0 Å². The molecule has 0 aliphatic carbocycles. The highest BCUT2D eigenvalue weighted by atomic mass is 16.4. The summed E-state index contributed by atoms with van der Waals surface area (Å²) in [4.78, 5) is 10.9. The first kappa shape index (κ1) is 13.8. The summed E-state index contributed by atoms with van der Waals surface area (Å²) in [6, 6.07) is 10.9. The van der Waals surface area contributed by atoms with E-state index in [1.165, 1.54) is 6.07 Å². The van der Waals surface area contributed by atoms with E-state index >= 15 is 0 Å². The number of carbonyl (C=O) groups is 1. The van der Waals surface area contributed by atoms with Crippen molar-refractivity contribution in [2.45, 2.75) is 20.0 Å². The molecule has 102 valence electrons. The van der Waals surface area contributed by atoms with Crippen molar-refractivity contribution in [2.75, 3.05) is 0 Å². The number of hydrogen-bond acceptors (Lipinski definition) is 4. The number of benzene rings is 1. The molecule has 5 nitrogen and oxygen atoms in total. The predicted molar refractivity (Wildman–Crippen MR) is 72.1 cm³/mol. The minimum absolute atomic E-state index is 0.188. The zero-order chi connectivity index (χ0) is 14.5. The van der Waals surface area contributed by atoms with Crippen molar-refractivity contribution >= 4 is 5.97 Å². The minimum atomic E-state index is -0.987.